The molecule has 0 bridgehead atoms. The van der Waals surface area contributed by atoms with E-state index in [2.05, 4.69) is 0 Å². The van der Waals surface area contributed by atoms with E-state index in [9.17, 15) is 8.42 Å². The van der Waals surface area contributed by atoms with Crippen LogP contribution in [0.25, 0.3) is 0 Å². The van der Waals surface area contributed by atoms with E-state index in [1.807, 2.05) is 0 Å². The van der Waals surface area contributed by atoms with Crippen LogP contribution in [-0.4, -0.2) is 8.42 Å². The quantitative estimate of drug-likeness (QED) is 0.946. The van der Waals surface area contributed by atoms with E-state index < -0.39 is 10.0 Å². The molecule has 0 amide bonds. The van der Waals surface area contributed by atoms with E-state index in [0.717, 1.165) is 0 Å². The fourth-order valence-corrected chi connectivity index (χ4v) is 2.60. The zero-order valence-electron chi connectivity index (χ0n) is 10.1. The van der Waals surface area contributed by atoms with Gasteiger partial charge in [-0.25, -0.2) is 13.6 Å². The molecule has 0 heterocycles. The zero-order valence-corrected chi connectivity index (χ0v) is 11.7. The molecule has 0 unspecified atom stereocenters. The first kappa shape index (κ1) is 13.9. The molecule has 0 saturated heterocycles. The molecule has 2 aromatic rings. The first-order valence-corrected chi connectivity index (χ1v) is 7.36. The lowest BCUT2D eigenvalue weighted by atomic mass is 10.2. The molecule has 0 atom stereocenters. The minimum Gasteiger partial charge on any atom is -0.456 e. The summed E-state index contributed by atoms with van der Waals surface area (Å²) in [5, 5.41) is 5.58. The summed E-state index contributed by atoms with van der Waals surface area (Å²) in [4.78, 5) is 0.0824. The van der Waals surface area contributed by atoms with Gasteiger partial charge in [-0.2, -0.15) is 0 Å². The zero-order chi connectivity index (χ0) is 14.0. The number of aryl methyl sites for hydroxylation is 1. The summed E-state index contributed by atoms with van der Waals surface area (Å²) in [6.07, 6.45) is 0. The van der Waals surface area contributed by atoms with Crippen LogP contribution in [0.4, 0.5) is 0 Å². The fraction of sp³-hybridized carbons (Fsp3) is 0.0769. The van der Waals surface area contributed by atoms with Crippen LogP contribution in [0.1, 0.15) is 5.56 Å². The summed E-state index contributed by atoms with van der Waals surface area (Å²) in [5.74, 6) is 1.00. The Balaban J connectivity index is 2.34. The molecule has 0 aliphatic rings. The third kappa shape index (κ3) is 3.26. The van der Waals surface area contributed by atoms with Crippen molar-refractivity contribution >= 4 is 21.6 Å². The highest BCUT2D eigenvalue weighted by atomic mass is 35.5. The fourth-order valence-electron chi connectivity index (χ4n) is 1.66. The molecule has 0 radical (unpaired) electrons. The Morgan fingerprint density at radius 3 is 2.42 bits per heavy atom. The highest BCUT2D eigenvalue weighted by molar-refractivity contribution is 7.89. The first-order valence-electron chi connectivity index (χ1n) is 5.44. The molecule has 6 heteroatoms. The van der Waals surface area contributed by atoms with E-state index in [-0.39, 0.29) is 4.90 Å². The maximum absolute atomic E-state index is 11.3. The predicted octanol–water partition coefficient (Wildman–Crippen LogP) is 3.09. The third-order valence-corrected chi connectivity index (χ3v) is 3.90. The number of nitrogens with two attached hydrogens (primary N) is 1. The molecule has 0 fully saturated rings. The van der Waals surface area contributed by atoms with Gasteiger partial charge in [0.05, 0.1) is 9.92 Å². The van der Waals surface area contributed by atoms with Gasteiger partial charge in [0.15, 0.2) is 0 Å². The first-order chi connectivity index (χ1) is 8.88. The van der Waals surface area contributed by atoms with Crippen molar-refractivity contribution in [2.24, 2.45) is 5.14 Å². The normalized spacial score (nSPS) is 11.3. The Morgan fingerprint density at radius 1 is 1.16 bits per heavy atom. The Bertz CT molecular complexity index is 714. The van der Waals surface area contributed by atoms with Gasteiger partial charge >= 0.3 is 0 Å². The van der Waals surface area contributed by atoms with Crippen molar-refractivity contribution in [1.29, 1.82) is 0 Å². The second-order valence-electron chi connectivity index (χ2n) is 4.00. The van der Waals surface area contributed by atoms with Gasteiger partial charge in [0, 0.05) is 0 Å². The number of halogens is 1. The molecule has 2 rings (SSSR count). The Hall–Kier alpha value is -1.56. The van der Waals surface area contributed by atoms with E-state index >= 15 is 0 Å². The smallest absolute Gasteiger partial charge is 0.238 e. The van der Waals surface area contributed by atoms with Gasteiger partial charge in [-0.1, -0.05) is 23.7 Å². The summed E-state index contributed by atoms with van der Waals surface area (Å²) in [6.45, 7) is 1.65. The van der Waals surface area contributed by atoms with E-state index in [0.29, 0.717) is 22.1 Å². The lowest BCUT2D eigenvalue weighted by Gasteiger charge is -2.09. The predicted molar refractivity (Wildman–Crippen MR) is 74.1 cm³/mol. The molecule has 100 valence electrons. The van der Waals surface area contributed by atoms with Crippen LogP contribution in [0.15, 0.2) is 47.4 Å². The van der Waals surface area contributed by atoms with Crippen LogP contribution in [-0.2, 0) is 10.0 Å². The van der Waals surface area contributed by atoms with Gasteiger partial charge in [-0.05, 0) is 42.8 Å². The minimum absolute atomic E-state index is 0.0824. The van der Waals surface area contributed by atoms with Crippen LogP contribution in [0, 0.1) is 6.92 Å². The molecule has 2 N–H and O–H groups in total. The molecule has 0 aliphatic carbocycles. The lowest BCUT2D eigenvalue weighted by molar-refractivity contribution is 0.482. The van der Waals surface area contributed by atoms with Crippen LogP contribution in [0.5, 0.6) is 11.5 Å². The van der Waals surface area contributed by atoms with Crippen molar-refractivity contribution in [2.45, 2.75) is 11.8 Å². The molecule has 0 spiro atoms. The number of ether oxygens (including phenoxy) is 1. The van der Waals surface area contributed by atoms with E-state index in [1.54, 1.807) is 37.3 Å². The van der Waals surface area contributed by atoms with Crippen molar-refractivity contribution in [3.05, 3.63) is 53.1 Å². The Labute approximate surface area is 116 Å². The molecule has 4 nitrogen and oxygen atoms in total. The number of rotatable bonds is 3. The molecular weight excluding hydrogens is 286 g/mol. The lowest BCUT2D eigenvalue weighted by Crippen LogP contribution is -2.13. The van der Waals surface area contributed by atoms with Gasteiger partial charge in [0.2, 0.25) is 10.0 Å². The number of benzene rings is 2. The SMILES string of the molecule is Cc1cc(Oc2ccccc2Cl)ccc1S(N)(=O)=O. The van der Waals surface area contributed by atoms with Gasteiger partial charge in [-0.3, -0.25) is 0 Å². The summed E-state index contributed by atoms with van der Waals surface area (Å²) in [6, 6.07) is 11.6. The monoisotopic (exact) mass is 297 g/mol. The number of hydrogen-bond donors (Lipinski definition) is 1. The Kier molecular flexibility index (Phi) is 3.80. The molecule has 0 aliphatic heterocycles. The minimum atomic E-state index is -3.71. The average molecular weight is 298 g/mol. The van der Waals surface area contributed by atoms with Crippen molar-refractivity contribution in [2.75, 3.05) is 0 Å². The molecule has 0 aromatic heterocycles. The maximum Gasteiger partial charge on any atom is 0.238 e. The standard InChI is InChI=1S/C13H12ClNO3S/c1-9-8-10(6-7-13(9)19(15,16)17)18-12-5-3-2-4-11(12)14/h2-8H,1H3,(H2,15,16,17). The largest absolute Gasteiger partial charge is 0.456 e. The van der Waals surface area contributed by atoms with Crippen molar-refractivity contribution < 1.29 is 13.2 Å². The topological polar surface area (TPSA) is 69.4 Å². The van der Waals surface area contributed by atoms with Crippen LogP contribution < -0.4 is 9.88 Å². The van der Waals surface area contributed by atoms with Gasteiger partial charge in [0.25, 0.3) is 0 Å². The summed E-state index contributed by atoms with van der Waals surface area (Å²) < 4.78 is 28.2. The number of primary sulfonamides is 1. The van der Waals surface area contributed by atoms with Crippen LogP contribution in [0.3, 0.4) is 0 Å². The average Bonchev–Trinajstić information content (AvgIpc) is 2.30. The van der Waals surface area contributed by atoms with Gasteiger partial charge < -0.3 is 4.74 Å². The Morgan fingerprint density at radius 2 is 1.84 bits per heavy atom. The van der Waals surface area contributed by atoms with Crippen LogP contribution in [0.2, 0.25) is 5.02 Å². The van der Waals surface area contributed by atoms with Gasteiger partial charge in [-0.15, -0.1) is 0 Å². The van der Waals surface area contributed by atoms with Crippen molar-refractivity contribution in [3.8, 4) is 11.5 Å². The number of sulfonamides is 1. The van der Waals surface area contributed by atoms with Gasteiger partial charge in [0.1, 0.15) is 11.5 Å². The van der Waals surface area contributed by atoms with Crippen molar-refractivity contribution in [3.63, 3.8) is 0 Å². The second-order valence-corrected chi connectivity index (χ2v) is 5.94. The molecule has 19 heavy (non-hydrogen) atoms. The third-order valence-electron chi connectivity index (χ3n) is 2.52. The second kappa shape index (κ2) is 5.21. The highest BCUT2D eigenvalue weighted by Crippen LogP contribution is 2.30. The molecule has 2 aromatic carbocycles. The summed E-state index contributed by atoms with van der Waals surface area (Å²) in [7, 11) is -3.71. The molecule has 0 saturated carbocycles. The van der Waals surface area contributed by atoms with E-state index in [1.165, 1.54) is 12.1 Å². The summed E-state index contributed by atoms with van der Waals surface area (Å²) >= 11 is 5.98. The van der Waals surface area contributed by atoms with Crippen LogP contribution >= 0.6 is 11.6 Å². The van der Waals surface area contributed by atoms with Crippen molar-refractivity contribution in [1.82, 2.24) is 0 Å². The highest BCUT2D eigenvalue weighted by Gasteiger charge is 2.12. The number of para-hydroxylation sites is 1. The summed E-state index contributed by atoms with van der Waals surface area (Å²) in [5.41, 5.74) is 0.520. The molecular formula is C13H12ClNO3S. The number of hydrogen-bond acceptors (Lipinski definition) is 3. The maximum atomic E-state index is 11.3. The van der Waals surface area contributed by atoms with E-state index in [4.69, 9.17) is 21.5 Å².